The van der Waals surface area contributed by atoms with E-state index in [1.54, 1.807) is 30.3 Å². The van der Waals surface area contributed by atoms with Gasteiger partial charge in [0.05, 0.1) is 12.2 Å². The molecule has 218 valence electrons. The van der Waals surface area contributed by atoms with Crippen LogP contribution in [0.5, 0.6) is 5.75 Å². The van der Waals surface area contributed by atoms with E-state index in [0.717, 1.165) is 37.3 Å². The van der Waals surface area contributed by atoms with Crippen molar-refractivity contribution in [3.63, 3.8) is 0 Å². The molecule has 0 spiro atoms. The van der Waals surface area contributed by atoms with E-state index in [9.17, 15) is 26.3 Å². The molecule has 4 rings (SSSR count). The first kappa shape index (κ1) is 30.4. The summed E-state index contributed by atoms with van der Waals surface area (Å²) in [6.45, 7) is 2.50. The molecule has 8 heteroatoms. The van der Waals surface area contributed by atoms with Gasteiger partial charge in [0, 0.05) is 23.1 Å². The second kappa shape index (κ2) is 13.4. The summed E-state index contributed by atoms with van der Waals surface area (Å²) in [5.74, 6) is -3.00. The maximum atomic E-state index is 15.2. The fourth-order valence-electron chi connectivity index (χ4n) is 4.85. The van der Waals surface area contributed by atoms with Crippen LogP contribution in [-0.4, -0.2) is 6.61 Å². The number of hydrogen-bond acceptors (Lipinski definition) is 1. The third kappa shape index (κ3) is 7.80. The van der Waals surface area contributed by atoms with Crippen molar-refractivity contribution < 1.29 is 35.5 Å². The van der Waals surface area contributed by atoms with E-state index in [2.05, 4.69) is 6.92 Å². The van der Waals surface area contributed by atoms with Gasteiger partial charge in [-0.15, -0.1) is 0 Å². The normalized spacial score (nSPS) is 11.8. The minimum atomic E-state index is -4.78. The van der Waals surface area contributed by atoms with Gasteiger partial charge in [0.2, 0.25) is 0 Å². The molecule has 4 aromatic carbocycles. The van der Waals surface area contributed by atoms with Crippen molar-refractivity contribution in [2.75, 3.05) is 6.61 Å². The van der Waals surface area contributed by atoms with Crippen molar-refractivity contribution in [2.24, 2.45) is 0 Å². The fourth-order valence-corrected chi connectivity index (χ4v) is 4.85. The van der Waals surface area contributed by atoms with Crippen LogP contribution < -0.4 is 4.74 Å². The number of rotatable bonds is 12. The summed E-state index contributed by atoms with van der Waals surface area (Å²) in [5, 5.41) is 0.958. The van der Waals surface area contributed by atoms with Gasteiger partial charge in [-0.25, -0.2) is 17.6 Å². The lowest BCUT2D eigenvalue weighted by Crippen LogP contribution is -2.08. The van der Waals surface area contributed by atoms with Gasteiger partial charge in [0.15, 0.2) is 0 Å². The Morgan fingerprint density at radius 2 is 1.34 bits per heavy atom. The fraction of sp³-hybridized carbons (Fsp3) is 0.333. The van der Waals surface area contributed by atoms with Crippen LogP contribution in [0, 0.1) is 23.3 Å². The minimum Gasteiger partial charge on any atom is -0.493 e. The average molecular weight is 577 g/mol. The number of fused-ring (bicyclic) bond motifs is 1. The third-order valence-electron chi connectivity index (χ3n) is 7.17. The number of aryl methyl sites for hydroxylation is 3. The molecule has 41 heavy (non-hydrogen) atoms. The predicted molar refractivity (Wildman–Crippen MR) is 146 cm³/mol. The summed E-state index contributed by atoms with van der Waals surface area (Å²) in [5.41, 5.74) is 0.0851. The highest BCUT2D eigenvalue weighted by molar-refractivity contribution is 5.84. The van der Waals surface area contributed by atoms with E-state index in [1.807, 2.05) is 0 Å². The largest absolute Gasteiger partial charge is 0.493 e. The zero-order valence-electron chi connectivity index (χ0n) is 22.7. The topological polar surface area (TPSA) is 9.23 Å². The van der Waals surface area contributed by atoms with Crippen LogP contribution in [0.15, 0.2) is 60.7 Å². The summed E-state index contributed by atoms with van der Waals surface area (Å²) in [6, 6.07) is 13.5. The number of unbranched alkanes of at least 4 members (excludes halogenated alkanes) is 3. The van der Waals surface area contributed by atoms with Gasteiger partial charge in [-0.05, 0) is 66.3 Å². The van der Waals surface area contributed by atoms with Crippen LogP contribution in [0.1, 0.15) is 60.4 Å². The Kier molecular flexibility index (Phi) is 9.94. The van der Waals surface area contributed by atoms with Gasteiger partial charge in [0.1, 0.15) is 29.0 Å². The number of halogens is 7. The molecule has 0 unspecified atom stereocenters. The number of ether oxygens (including phenoxy) is 1. The SMILES string of the molecule is CCCCCCOc1cc(F)c(CCc2ccc3c(F)c(CCc4ccc(C(F)(F)F)c(F)c4)ccc3c2)c(F)c1. The minimum absolute atomic E-state index is 0.0374. The summed E-state index contributed by atoms with van der Waals surface area (Å²) in [6.07, 6.45) is 0.00317. The standard InChI is InChI=1S/C33H31F7O/c1-2-3-4-5-16-41-25-19-29(34)27(30(35)20-25)14-8-21-7-13-26-24(17-21)12-11-23(32(26)37)10-6-22-9-15-28(31(36)18-22)33(38,39)40/h7,9,11-13,15,17-20H,2-6,8,10,14,16H2,1H3. The Labute approximate surface area is 235 Å². The van der Waals surface area contributed by atoms with Gasteiger partial charge in [-0.2, -0.15) is 13.2 Å². The number of hydrogen-bond donors (Lipinski definition) is 0. The Morgan fingerprint density at radius 3 is 2.02 bits per heavy atom. The van der Waals surface area contributed by atoms with Crippen molar-refractivity contribution in [3.05, 3.63) is 112 Å². The molecular weight excluding hydrogens is 545 g/mol. The van der Waals surface area contributed by atoms with Crippen molar-refractivity contribution in [3.8, 4) is 5.75 Å². The summed E-state index contributed by atoms with van der Waals surface area (Å²) >= 11 is 0. The van der Waals surface area contributed by atoms with Crippen LogP contribution >= 0.6 is 0 Å². The molecule has 0 bridgehead atoms. The lowest BCUT2D eigenvalue weighted by molar-refractivity contribution is -0.140. The van der Waals surface area contributed by atoms with Crippen LogP contribution in [-0.2, 0) is 31.9 Å². The zero-order chi connectivity index (χ0) is 29.6. The molecule has 0 radical (unpaired) electrons. The molecule has 1 nitrogen and oxygen atoms in total. The quantitative estimate of drug-likeness (QED) is 0.120. The molecule has 0 aliphatic carbocycles. The van der Waals surface area contributed by atoms with Gasteiger partial charge < -0.3 is 4.74 Å². The van der Waals surface area contributed by atoms with Crippen molar-refractivity contribution in [1.82, 2.24) is 0 Å². The van der Waals surface area contributed by atoms with Gasteiger partial charge in [0.25, 0.3) is 0 Å². The zero-order valence-corrected chi connectivity index (χ0v) is 22.7. The molecule has 4 aromatic rings. The molecule has 0 atom stereocenters. The molecule has 0 amide bonds. The second-order valence-electron chi connectivity index (χ2n) is 10.2. The third-order valence-corrected chi connectivity index (χ3v) is 7.17. The molecule has 0 saturated carbocycles. The highest BCUT2D eigenvalue weighted by Gasteiger charge is 2.33. The monoisotopic (exact) mass is 576 g/mol. The van der Waals surface area contributed by atoms with E-state index >= 15 is 4.39 Å². The predicted octanol–water partition coefficient (Wildman–Crippen LogP) is 9.94. The highest BCUT2D eigenvalue weighted by Crippen LogP contribution is 2.32. The molecule has 0 fully saturated rings. The Bertz CT molecular complexity index is 1470. The molecule has 0 saturated heterocycles. The summed E-state index contributed by atoms with van der Waals surface area (Å²) in [4.78, 5) is 0. The highest BCUT2D eigenvalue weighted by atomic mass is 19.4. The number of benzene rings is 4. The van der Waals surface area contributed by atoms with Crippen LogP contribution in [0.2, 0.25) is 0 Å². The first-order chi connectivity index (χ1) is 19.6. The second-order valence-corrected chi connectivity index (χ2v) is 10.2. The molecule has 0 aliphatic rings. The van der Waals surface area contributed by atoms with E-state index in [-0.39, 0.29) is 30.6 Å². The molecule has 0 heterocycles. The molecule has 0 aromatic heterocycles. The van der Waals surface area contributed by atoms with Crippen LogP contribution in [0.25, 0.3) is 10.8 Å². The Balaban J connectivity index is 1.39. The van der Waals surface area contributed by atoms with E-state index in [1.165, 1.54) is 18.2 Å². The summed E-state index contributed by atoms with van der Waals surface area (Å²) in [7, 11) is 0. The van der Waals surface area contributed by atoms with Crippen molar-refractivity contribution in [2.45, 2.75) is 64.5 Å². The molecule has 0 N–H and O–H groups in total. The maximum absolute atomic E-state index is 15.2. The average Bonchev–Trinajstić information content (AvgIpc) is 2.91. The Hall–Kier alpha value is -3.55. The Morgan fingerprint density at radius 1 is 0.659 bits per heavy atom. The summed E-state index contributed by atoms with van der Waals surface area (Å²) < 4.78 is 102. The van der Waals surface area contributed by atoms with E-state index in [4.69, 9.17) is 4.74 Å². The lowest BCUT2D eigenvalue weighted by Gasteiger charge is -2.12. The van der Waals surface area contributed by atoms with Crippen molar-refractivity contribution in [1.29, 1.82) is 0 Å². The van der Waals surface area contributed by atoms with E-state index in [0.29, 0.717) is 41.0 Å². The first-order valence-electron chi connectivity index (χ1n) is 13.7. The van der Waals surface area contributed by atoms with E-state index < -0.39 is 35.0 Å². The maximum Gasteiger partial charge on any atom is 0.419 e. The van der Waals surface area contributed by atoms with Gasteiger partial charge in [-0.1, -0.05) is 62.6 Å². The van der Waals surface area contributed by atoms with Crippen molar-refractivity contribution >= 4 is 10.8 Å². The smallest absolute Gasteiger partial charge is 0.419 e. The lowest BCUT2D eigenvalue weighted by atomic mass is 9.97. The molecule has 0 aliphatic heterocycles. The first-order valence-corrected chi connectivity index (χ1v) is 13.7. The number of alkyl halides is 3. The van der Waals surface area contributed by atoms with Crippen LogP contribution in [0.3, 0.4) is 0 Å². The van der Waals surface area contributed by atoms with Gasteiger partial charge in [-0.3, -0.25) is 0 Å². The van der Waals surface area contributed by atoms with Crippen LogP contribution in [0.4, 0.5) is 30.7 Å². The van der Waals surface area contributed by atoms with Gasteiger partial charge >= 0.3 is 6.18 Å². The molecular formula is C33H31F7O.